The molecule has 2 aromatic heterocycles. The first-order valence-corrected chi connectivity index (χ1v) is 15.2. The van der Waals surface area contributed by atoms with Crippen LogP contribution in [0.25, 0.3) is 11.0 Å². The second-order valence-corrected chi connectivity index (χ2v) is 11.7. The number of nitro groups is 1. The molecule has 3 aromatic carbocycles. The Morgan fingerprint density at radius 2 is 1.87 bits per heavy atom. The van der Waals surface area contributed by atoms with Gasteiger partial charge < -0.3 is 24.7 Å². The van der Waals surface area contributed by atoms with Crippen LogP contribution in [0.5, 0.6) is 11.6 Å². The molecule has 0 fully saturated rings. The maximum absolute atomic E-state index is 13.4. The summed E-state index contributed by atoms with van der Waals surface area (Å²) in [6, 6.07) is 18.9. The van der Waals surface area contributed by atoms with E-state index < -0.39 is 38.0 Å². The number of fused-ring (bicyclic) bond motifs is 2. The Kier molecular flexibility index (Phi) is 8.10. The lowest BCUT2D eigenvalue weighted by Gasteiger charge is -2.31. The molecule has 0 saturated heterocycles. The van der Waals surface area contributed by atoms with Gasteiger partial charge in [0.1, 0.15) is 29.4 Å². The summed E-state index contributed by atoms with van der Waals surface area (Å²) in [4.78, 5) is 33.4. The number of amides is 1. The number of hydrogen-bond acceptors (Lipinski definition) is 10. The van der Waals surface area contributed by atoms with Crippen molar-refractivity contribution >= 4 is 49.7 Å². The molecule has 1 amide bonds. The lowest BCUT2D eigenvalue weighted by molar-refractivity contribution is -0.384. The summed E-state index contributed by atoms with van der Waals surface area (Å²) in [5, 5.41) is 15.5. The van der Waals surface area contributed by atoms with E-state index in [0.717, 1.165) is 17.5 Å². The van der Waals surface area contributed by atoms with Crippen LogP contribution in [0.4, 0.5) is 31.5 Å². The molecule has 236 valence electrons. The molecule has 16 heteroatoms. The van der Waals surface area contributed by atoms with Crippen molar-refractivity contribution in [2.45, 2.75) is 18.1 Å². The number of sulfonamides is 1. The first-order valence-electron chi connectivity index (χ1n) is 13.7. The van der Waals surface area contributed by atoms with Crippen LogP contribution in [0.1, 0.15) is 15.9 Å². The molecular formula is C30H24F2N6O7S. The van der Waals surface area contributed by atoms with Crippen LogP contribution < -0.4 is 24.4 Å². The van der Waals surface area contributed by atoms with E-state index in [1.165, 1.54) is 36.4 Å². The van der Waals surface area contributed by atoms with Crippen LogP contribution in [0.2, 0.25) is 0 Å². The van der Waals surface area contributed by atoms with Crippen molar-refractivity contribution in [3.05, 3.63) is 106 Å². The number of aromatic amines is 1. The summed E-state index contributed by atoms with van der Waals surface area (Å²) in [5.74, 6) is -0.639. The van der Waals surface area contributed by atoms with E-state index in [1.807, 2.05) is 21.8 Å². The second kappa shape index (κ2) is 12.3. The minimum absolute atomic E-state index is 0.00431. The zero-order valence-electron chi connectivity index (χ0n) is 23.6. The highest BCUT2D eigenvalue weighted by Gasteiger charge is 2.28. The third kappa shape index (κ3) is 6.23. The molecule has 3 N–H and O–H groups in total. The largest absolute Gasteiger partial charge is 0.474 e. The van der Waals surface area contributed by atoms with Gasteiger partial charge in [-0.25, -0.2) is 13.1 Å². The number of alkyl halides is 2. The molecule has 0 radical (unpaired) electrons. The van der Waals surface area contributed by atoms with E-state index in [0.29, 0.717) is 35.0 Å². The predicted molar refractivity (Wildman–Crippen MR) is 163 cm³/mol. The standard InChI is InChI=1S/C30H24F2N6O7S/c31-30(32)45-20-7-5-18(6-8-20)17-34-23-10-9-21(16-25(23)38(40)41)46(42,43)36-28(39)22-3-1-2-4-24(22)37-13-14-44-29-26(37)15-19-11-12-33-27(19)35-29/h1-12,15-16,30,34H,13-14,17H2,(H,33,35)(H,36,39). The molecule has 0 spiro atoms. The highest BCUT2D eigenvalue weighted by Crippen LogP contribution is 2.39. The molecule has 3 heterocycles. The molecular weight excluding hydrogens is 626 g/mol. The number of nitrogens with zero attached hydrogens (tertiary/aromatic N) is 3. The molecule has 5 aromatic rings. The van der Waals surface area contributed by atoms with Gasteiger partial charge in [0.25, 0.3) is 21.6 Å². The normalized spacial score (nSPS) is 12.8. The van der Waals surface area contributed by atoms with E-state index in [-0.39, 0.29) is 30.2 Å². The number of H-pyrrole nitrogens is 1. The van der Waals surface area contributed by atoms with Crippen molar-refractivity contribution < 1.29 is 36.4 Å². The Morgan fingerprint density at radius 3 is 2.63 bits per heavy atom. The van der Waals surface area contributed by atoms with Crippen molar-refractivity contribution in [2.24, 2.45) is 0 Å². The van der Waals surface area contributed by atoms with Gasteiger partial charge >= 0.3 is 6.61 Å². The quantitative estimate of drug-likeness (QED) is 0.133. The third-order valence-corrected chi connectivity index (χ3v) is 8.43. The van der Waals surface area contributed by atoms with Gasteiger partial charge in [-0.2, -0.15) is 13.8 Å². The Morgan fingerprint density at radius 1 is 1.09 bits per heavy atom. The van der Waals surface area contributed by atoms with E-state index in [9.17, 15) is 32.1 Å². The molecule has 1 aliphatic heterocycles. The van der Waals surface area contributed by atoms with Crippen LogP contribution >= 0.6 is 0 Å². The number of nitrogens with one attached hydrogen (secondary N) is 3. The van der Waals surface area contributed by atoms with Crippen molar-refractivity contribution in [3.8, 4) is 11.6 Å². The number of carbonyl (C=O) groups is 1. The summed E-state index contributed by atoms with van der Waals surface area (Å²) >= 11 is 0. The van der Waals surface area contributed by atoms with Gasteiger partial charge in [-0.15, -0.1) is 0 Å². The maximum atomic E-state index is 13.4. The average Bonchev–Trinajstić information content (AvgIpc) is 3.50. The zero-order chi connectivity index (χ0) is 32.4. The molecule has 0 bridgehead atoms. The van der Waals surface area contributed by atoms with E-state index in [4.69, 9.17) is 4.74 Å². The Hall–Kier alpha value is -5.77. The number of hydrogen-bond donors (Lipinski definition) is 3. The fraction of sp³-hybridized carbons (Fsp3) is 0.133. The molecule has 13 nitrogen and oxygen atoms in total. The third-order valence-electron chi connectivity index (χ3n) is 7.10. The molecule has 0 atom stereocenters. The number of halogens is 2. The first-order chi connectivity index (χ1) is 22.1. The first kappa shape index (κ1) is 30.3. The summed E-state index contributed by atoms with van der Waals surface area (Å²) < 4.78 is 63.4. The minimum Gasteiger partial charge on any atom is -0.474 e. The maximum Gasteiger partial charge on any atom is 0.387 e. The molecule has 0 aliphatic carbocycles. The number of nitro benzene ring substituents is 1. The second-order valence-electron chi connectivity index (χ2n) is 9.99. The van der Waals surface area contributed by atoms with Crippen molar-refractivity contribution in [3.63, 3.8) is 0 Å². The monoisotopic (exact) mass is 650 g/mol. The van der Waals surface area contributed by atoms with Crippen LogP contribution in [0.3, 0.4) is 0 Å². The van der Waals surface area contributed by atoms with E-state index in [2.05, 4.69) is 20.0 Å². The molecule has 0 saturated carbocycles. The van der Waals surface area contributed by atoms with Gasteiger partial charge in [0, 0.05) is 24.2 Å². The topological polar surface area (TPSA) is 169 Å². The fourth-order valence-corrected chi connectivity index (χ4v) is 5.95. The number of anilines is 3. The average molecular weight is 651 g/mol. The summed E-state index contributed by atoms with van der Waals surface area (Å²) in [6.45, 7) is -2.29. The van der Waals surface area contributed by atoms with Gasteiger partial charge in [-0.05, 0) is 54.1 Å². The number of benzene rings is 3. The van der Waals surface area contributed by atoms with Crippen LogP contribution in [0.15, 0.2) is 90.0 Å². The molecule has 0 unspecified atom stereocenters. The van der Waals surface area contributed by atoms with Gasteiger partial charge in [-0.3, -0.25) is 14.9 Å². The number of rotatable bonds is 10. The minimum atomic E-state index is -4.56. The predicted octanol–water partition coefficient (Wildman–Crippen LogP) is 5.33. The van der Waals surface area contributed by atoms with Gasteiger partial charge in [0.05, 0.1) is 27.6 Å². The van der Waals surface area contributed by atoms with E-state index in [1.54, 1.807) is 24.4 Å². The Balaban J connectivity index is 1.22. The Labute approximate surface area is 260 Å². The van der Waals surface area contributed by atoms with Crippen molar-refractivity contribution in [1.29, 1.82) is 0 Å². The molecule has 46 heavy (non-hydrogen) atoms. The SMILES string of the molecule is O=C(NS(=O)(=O)c1ccc(NCc2ccc(OC(F)F)cc2)c([N+](=O)[O-])c1)c1ccccc1N1CCOc2nc3[nH]ccc3cc21. The van der Waals surface area contributed by atoms with E-state index >= 15 is 0 Å². The summed E-state index contributed by atoms with van der Waals surface area (Å²) in [5.41, 5.74) is 1.73. The van der Waals surface area contributed by atoms with Crippen molar-refractivity contribution in [2.75, 3.05) is 23.4 Å². The zero-order valence-corrected chi connectivity index (χ0v) is 24.5. The van der Waals surface area contributed by atoms with Gasteiger partial charge in [0.2, 0.25) is 5.88 Å². The highest BCUT2D eigenvalue weighted by atomic mass is 32.2. The fourth-order valence-electron chi connectivity index (χ4n) is 4.96. The number of ether oxygens (including phenoxy) is 2. The number of pyridine rings is 1. The molecule has 6 rings (SSSR count). The highest BCUT2D eigenvalue weighted by molar-refractivity contribution is 7.90. The van der Waals surface area contributed by atoms with Crippen molar-refractivity contribution in [1.82, 2.24) is 14.7 Å². The lowest BCUT2D eigenvalue weighted by atomic mass is 10.1. The number of para-hydroxylation sites is 1. The summed E-state index contributed by atoms with van der Waals surface area (Å²) in [7, 11) is -4.56. The Bertz CT molecular complexity index is 2050. The number of aromatic nitrogens is 2. The number of carbonyl (C=O) groups excluding carboxylic acids is 1. The van der Waals surface area contributed by atoms with Crippen LogP contribution in [-0.4, -0.2) is 49.0 Å². The lowest BCUT2D eigenvalue weighted by Crippen LogP contribution is -2.34. The van der Waals surface area contributed by atoms with Crippen LogP contribution in [-0.2, 0) is 16.6 Å². The smallest absolute Gasteiger partial charge is 0.387 e. The van der Waals surface area contributed by atoms with Crippen LogP contribution in [0, 0.1) is 10.1 Å². The van der Waals surface area contributed by atoms with Gasteiger partial charge in [0.15, 0.2) is 0 Å². The molecule has 1 aliphatic rings. The van der Waals surface area contributed by atoms with Gasteiger partial charge in [-0.1, -0.05) is 24.3 Å². The summed E-state index contributed by atoms with van der Waals surface area (Å²) in [6.07, 6.45) is 1.74.